The summed E-state index contributed by atoms with van der Waals surface area (Å²) < 4.78 is 0. The highest BCUT2D eigenvalue weighted by atomic mass is 15.2. The average molecular weight is 159 g/mol. The zero-order valence-electron chi connectivity index (χ0n) is 6.18. The lowest BCUT2D eigenvalue weighted by molar-refractivity contribution is 1.03. The number of aliphatic imine (C=N–C) groups is 1. The van der Waals surface area contributed by atoms with E-state index < -0.39 is 0 Å². The van der Waals surface area contributed by atoms with Gasteiger partial charge >= 0.3 is 0 Å². The average Bonchev–Trinajstić information content (AvgIpc) is 2.17. The molecule has 0 atom stereocenters. The van der Waals surface area contributed by atoms with Gasteiger partial charge in [0.25, 0.3) is 0 Å². The van der Waals surface area contributed by atoms with Crippen LogP contribution < -0.4 is 4.90 Å². The van der Waals surface area contributed by atoms with Gasteiger partial charge in [0.1, 0.15) is 12.0 Å². The molecule has 0 bridgehead atoms. The van der Waals surface area contributed by atoms with Crippen molar-refractivity contribution in [3.8, 4) is 6.19 Å². The van der Waals surface area contributed by atoms with Crippen molar-refractivity contribution in [2.45, 2.75) is 0 Å². The number of fused-ring (bicyclic) bond motifs is 1. The molecule has 1 aromatic heterocycles. The fourth-order valence-electron chi connectivity index (χ4n) is 1.01. The van der Waals surface area contributed by atoms with Crippen LogP contribution >= 0.6 is 0 Å². The summed E-state index contributed by atoms with van der Waals surface area (Å²) in [7, 11) is 0. The van der Waals surface area contributed by atoms with Crippen molar-refractivity contribution >= 4 is 17.7 Å². The molecule has 0 saturated carbocycles. The van der Waals surface area contributed by atoms with Gasteiger partial charge in [-0.1, -0.05) is 0 Å². The molecule has 0 saturated heterocycles. The monoisotopic (exact) mass is 159 g/mol. The SMILES string of the molecule is N#CN1CC=Nc2cncnc21. The Morgan fingerprint density at radius 1 is 1.58 bits per heavy atom. The van der Waals surface area contributed by atoms with Crippen LogP contribution in [0.3, 0.4) is 0 Å². The predicted octanol–water partition coefficient (Wildman–Crippen LogP) is 0.480. The van der Waals surface area contributed by atoms with Crippen LogP contribution in [0.2, 0.25) is 0 Å². The van der Waals surface area contributed by atoms with Crippen LogP contribution in [0.5, 0.6) is 0 Å². The number of hydrogen-bond acceptors (Lipinski definition) is 5. The van der Waals surface area contributed by atoms with Crippen molar-refractivity contribution in [3.63, 3.8) is 0 Å². The van der Waals surface area contributed by atoms with Gasteiger partial charge in [0.05, 0.1) is 12.7 Å². The normalized spacial score (nSPS) is 13.8. The smallest absolute Gasteiger partial charge is 0.185 e. The fraction of sp³-hybridized carbons (Fsp3) is 0.143. The van der Waals surface area contributed by atoms with Crippen LogP contribution in [-0.2, 0) is 0 Å². The van der Waals surface area contributed by atoms with Gasteiger partial charge in [-0.05, 0) is 0 Å². The van der Waals surface area contributed by atoms with E-state index in [0.29, 0.717) is 18.1 Å². The molecule has 1 aliphatic heterocycles. The predicted molar refractivity (Wildman–Crippen MR) is 43.1 cm³/mol. The van der Waals surface area contributed by atoms with E-state index in [1.165, 1.54) is 11.2 Å². The molecule has 58 valence electrons. The van der Waals surface area contributed by atoms with E-state index in [1.54, 1.807) is 12.4 Å². The lowest BCUT2D eigenvalue weighted by Gasteiger charge is -2.16. The van der Waals surface area contributed by atoms with Crippen LogP contribution in [0.4, 0.5) is 11.5 Å². The number of aromatic nitrogens is 2. The van der Waals surface area contributed by atoms with Gasteiger partial charge in [0.15, 0.2) is 12.0 Å². The standard InChI is InChI=1S/C7H5N5/c8-4-12-2-1-10-6-3-9-5-11-7(6)12/h1,3,5H,2H2. The van der Waals surface area contributed by atoms with Crippen molar-refractivity contribution in [2.24, 2.45) is 4.99 Å². The minimum Gasteiger partial charge on any atom is -0.256 e. The molecule has 0 aliphatic carbocycles. The molecule has 12 heavy (non-hydrogen) atoms. The van der Waals surface area contributed by atoms with Crippen LogP contribution in [0, 0.1) is 11.5 Å². The summed E-state index contributed by atoms with van der Waals surface area (Å²) in [5.74, 6) is 0.579. The number of hydrogen-bond donors (Lipinski definition) is 0. The van der Waals surface area contributed by atoms with Gasteiger partial charge in [-0.2, -0.15) is 5.26 Å². The van der Waals surface area contributed by atoms with Crippen LogP contribution in [-0.4, -0.2) is 22.7 Å². The maximum absolute atomic E-state index is 8.69. The van der Waals surface area contributed by atoms with Gasteiger partial charge < -0.3 is 0 Å². The molecule has 2 heterocycles. The molecule has 0 amide bonds. The summed E-state index contributed by atoms with van der Waals surface area (Å²) in [5, 5.41) is 8.69. The van der Waals surface area contributed by atoms with E-state index in [0.717, 1.165) is 0 Å². The number of anilines is 1. The second-order valence-electron chi connectivity index (χ2n) is 2.25. The third-order valence-electron chi connectivity index (χ3n) is 1.54. The minimum atomic E-state index is 0.487. The van der Waals surface area contributed by atoms with Gasteiger partial charge in [-0.15, -0.1) is 0 Å². The zero-order valence-corrected chi connectivity index (χ0v) is 6.18. The maximum atomic E-state index is 8.69. The molecule has 0 aromatic carbocycles. The lowest BCUT2D eigenvalue weighted by Crippen LogP contribution is -2.22. The molecule has 0 spiro atoms. The highest BCUT2D eigenvalue weighted by Crippen LogP contribution is 2.25. The first-order valence-corrected chi connectivity index (χ1v) is 3.41. The molecule has 1 aliphatic rings. The molecule has 0 unspecified atom stereocenters. The third-order valence-corrected chi connectivity index (χ3v) is 1.54. The molecule has 0 N–H and O–H groups in total. The number of rotatable bonds is 0. The summed E-state index contributed by atoms with van der Waals surface area (Å²) in [6, 6.07) is 0. The molecule has 2 rings (SSSR count). The van der Waals surface area contributed by atoms with Gasteiger partial charge in [0, 0.05) is 6.21 Å². The van der Waals surface area contributed by atoms with Crippen LogP contribution in [0.25, 0.3) is 0 Å². The molecule has 0 radical (unpaired) electrons. The van der Waals surface area contributed by atoms with Gasteiger partial charge in [-0.3, -0.25) is 9.89 Å². The quantitative estimate of drug-likeness (QED) is 0.516. The Morgan fingerprint density at radius 2 is 2.50 bits per heavy atom. The first-order valence-electron chi connectivity index (χ1n) is 3.41. The third kappa shape index (κ3) is 0.900. The van der Waals surface area contributed by atoms with Crippen LogP contribution in [0.1, 0.15) is 0 Å². The molecule has 5 nitrogen and oxygen atoms in total. The topological polar surface area (TPSA) is 65.2 Å². The molecular formula is C7H5N5. The van der Waals surface area contributed by atoms with Gasteiger partial charge in [-0.25, -0.2) is 9.97 Å². The lowest BCUT2D eigenvalue weighted by atomic mass is 10.4. The van der Waals surface area contributed by atoms with Crippen molar-refractivity contribution in [1.82, 2.24) is 9.97 Å². The first kappa shape index (κ1) is 6.73. The Hall–Kier alpha value is -1.96. The highest BCUT2D eigenvalue weighted by molar-refractivity contribution is 5.80. The Labute approximate surface area is 69.0 Å². The summed E-state index contributed by atoms with van der Waals surface area (Å²) in [6.07, 6.45) is 6.67. The Kier molecular flexibility index (Phi) is 1.45. The molecule has 0 fully saturated rings. The Bertz CT molecular complexity index is 364. The van der Waals surface area contributed by atoms with E-state index in [2.05, 4.69) is 15.0 Å². The Balaban J connectivity index is 2.54. The van der Waals surface area contributed by atoms with E-state index in [1.807, 2.05) is 6.19 Å². The van der Waals surface area contributed by atoms with Crippen molar-refractivity contribution in [1.29, 1.82) is 5.26 Å². The second-order valence-corrected chi connectivity index (χ2v) is 2.25. The first-order chi connectivity index (χ1) is 5.92. The molecule has 5 heteroatoms. The fourth-order valence-corrected chi connectivity index (χ4v) is 1.01. The molecule has 1 aromatic rings. The minimum absolute atomic E-state index is 0.487. The van der Waals surface area contributed by atoms with Crippen molar-refractivity contribution in [2.75, 3.05) is 11.4 Å². The largest absolute Gasteiger partial charge is 0.256 e. The van der Waals surface area contributed by atoms with E-state index >= 15 is 0 Å². The maximum Gasteiger partial charge on any atom is 0.185 e. The van der Waals surface area contributed by atoms with E-state index in [-0.39, 0.29) is 0 Å². The summed E-state index contributed by atoms with van der Waals surface area (Å²) in [6.45, 7) is 0.487. The van der Waals surface area contributed by atoms with Crippen molar-refractivity contribution < 1.29 is 0 Å². The summed E-state index contributed by atoms with van der Waals surface area (Å²) in [4.78, 5) is 13.3. The summed E-state index contributed by atoms with van der Waals surface area (Å²) in [5.41, 5.74) is 0.644. The van der Waals surface area contributed by atoms with Gasteiger partial charge in [0.2, 0.25) is 0 Å². The van der Waals surface area contributed by atoms with Crippen LogP contribution in [0.15, 0.2) is 17.5 Å². The van der Waals surface area contributed by atoms with E-state index in [4.69, 9.17) is 5.26 Å². The molecular weight excluding hydrogens is 154 g/mol. The zero-order chi connectivity index (χ0) is 8.39. The van der Waals surface area contributed by atoms with E-state index in [9.17, 15) is 0 Å². The Morgan fingerprint density at radius 3 is 3.33 bits per heavy atom. The van der Waals surface area contributed by atoms with Crippen molar-refractivity contribution in [3.05, 3.63) is 12.5 Å². The number of nitriles is 1. The summed E-state index contributed by atoms with van der Waals surface area (Å²) >= 11 is 0. The second kappa shape index (κ2) is 2.58. The number of nitrogens with zero attached hydrogens (tertiary/aromatic N) is 5. The highest BCUT2D eigenvalue weighted by Gasteiger charge is 2.14.